The maximum atomic E-state index is 14.2. The van der Waals surface area contributed by atoms with Gasteiger partial charge in [-0.1, -0.05) is 0 Å². The number of amides is 1. The molecule has 2 aromatic carbocycles. The van der Waals surface area contributed by atoms with Crippen molar-refractivity contribution in [2.75, 3.05) is 16.7 Å². The Balaban J connectivity index is 1.62. The van der Waals surface area contributed by atoms with Crippen LogP contribution in [-0.4, -0.2) is 42.6 Å². The first-order valence-corrected chi connectivity index (χ1v) is 14.3. The number of alkyl halides is 3. The van der Waals surface area contributed by atoms with Crippen LogP contribution in [0.25, 0.3) is 11.0 Å². The number of methoxy groups -OCH3 is 1. The predicted molar refractivity (Wildman–Crippen MR) is 137 cm³/mol. The number of benzene rings is 2. The second-order valence-corrected chi connectivity index (χ2v) is 11.7. The SMILES string of the molecule is CO[C@H]1CC[C@H](n2c([C@@H]3CCCC(=O)N3c3ccc(F)c(F)c3)nc3cc(NS(=O)(=O)C(F)(F)F)ccc32)CC1. The molecule has 1 saturated carbocycles. The standard InChI is InChI=1S/C26H27F5N4O4S/c1-39-18-9-6-16(7-10-18)35-22-12-5-15(33-40(37,38)26(29,30)31)13-21(22)32-25(35)23-3-2-4-24(36)34(23)17-8-11-19(27)20(28)14-17/h5,8,11-14,16,18,23,33H,2-4,6-7,9-10H2,1H3/t16-,18-,23-/m0/s1. The Morgan fingerprint density at radius 2 is 1.73 bits per heavy atom. The molecule has 1 aromatic heterocycles. The highest BCUT2D eigenvalue weighted by atomic mass is 32.2. The largest absolute Gasteiger partial charge is 0.516 e. The molecule has 14 heteroatoms. The van der Waals surface area contributed by atoms with Crippen molar-refractivity contribution in [1.29, 1.82) is 0 Å². The van der Waals surface area contributed by atoms with Gasteiger partial charge in [0.25, 0.3) is 0 Å². The fourth-order valence-corrected chi connectivity index (χ4v) is 6.18. The summed E-state index contributed by atoms with van der Waals surface area (Å²) >= 11 is 0. The molecular weight excluding hydrogens is 559 g/mol. The number of carbonyl (C=O) groups excluding carboxylic acids is 1. The van der Waals surface area contributed by atoms with E-state index in [9.17, 15) is 35.2 Å². The van der Waals surface area contributed by atoms with Crippen molar-refractivity contribution in [1.82, 2.24) is 9.55 Å². The Labute approximate surface area is 227 Å². The van der Waals surface area contributed by atoms with Gasteiger partial charge in [-0.3, -0.25) is 9.52 Å². The molecule has 1 saturated heterocycles. The van der Waals surface area contributed by atoms with Gasteiger partial charge < -0.3 is 14.2 Å². The molecule has 8 nitrogen and oxygen atoms in total. The third-order valence-corrected chi connectivity index (χ3v) is 8.66. The number of ether oxygens (including phenoxy) is 1. The predicted octanol–water partition coefficient (Wildman–Crippen LogP) is 5.96. The van der Waals surface area contributed by atoms with E-state index in [-0.39, 0.29) is 41.4 Å². The van der Waals surface area contributed by atoms with Gasteiger partial charge in [-0.05, 0) is 68.9 Å². The molecule has 0 bridgehead atoms. The van der Waals surface area contributed by atoms with E-state index in [0.717, 1.165) is 25.0 Å². The molecule has 0 unspecified atom stereocenters. The highest BCUT2D eigenvalue weighted by Gasteiger charge is 2.46. The summed E-state index contributed by atoms with van der Waals surface area (Å²) in [4.78, 5) is 19.2. The van der Waals surface area contributed by atoms with Gasteiger partial charge in [0.05, 0.1) is 28.9 Å². The van der Waals surface area contributed by atoms with Gasteiger partial charge in [0, 0.05) is 31.3 Å². The van der Waals surface area contributed by atoms with Crippen molar-refractivity contribution >= 4 is 38.3 Å². The summed E-state index contributed by atoms with van der Waals surface area (Å²) < 4.78 is 99.2. The number of aromatic nitrogens is 2. The van der Waals surface area contributed by atoms with Gasteiger partial charge in [-0.25, -0.2) is 13.8 Å². The number of halogens is 5. The smallest absolute Gasteiger partial charge is 0.381 e. The third kappa shape index (κ3) is 5.26. The minimum atomic E-state index is -5.65. The molecule has 3 aromatic rings. The van der Waals surface area contributed by atoms with Crippen molar-refractivity contribution in [3.05, 3.63) is 53.9 Å². The number of sulfonamides is 1. The molecule has 1 N–H and O–H groups in total. The number of nitrogens with zero attached hydrogens (tertiary/aromatic N) is 3. The summed E-state index contributed by atoms with van der Waals surface area (Å²) in [6.07, 6.45) is 4.14. The zero-order valence-electron chi connectivity index (χ0n) is 21.4. The van der Waals surface area contributed by atoms with Crippen LogP contribution in [0, 0.1) is 11.6 Å². The topological polar surface area (TPSA) is 93.5 Å². The van der Waals surface area contributed by atoms with E-state index in [1.807, 2.05) is 4.57 Å². The van der Waals surface area contributed by atoms with Crippen LogP contribution in [0.3, 0.4) is 0 Å². The molecule has 1 atom stereocenters. The van der Waals surface area contributed by atoms with Gasteiger partial charge in [-0.15, -0.1) is 0 Å². The van der Waals surface area contributed by atoms with Crippen molar-refractivity contribution in [3.8, 4) is 0 Å². The second-order valence-electron chi connectivity index (χ2n) is 10.0. The molecule has 5 rings (SSSR count). The monoisotopic (exact) mass is 586 g/mol. The maximum absolute atomic E-state index is 14.2. The van der Waals surface area contributed by atoms with Crippen LogP contribution >= 0.6 is 0 Å². The van der Waals surface area contributed by atoms with Crippen molar-refractivity contribution in [3.63, 3.8) is 0 Å². The number of hydrogen-bond acceptors (Lipinski definition) is 5. The second kappa shape index (κ2) is 10.6. The first-order valence-electron chi connectivity index (χ1n) is 12.8. The molecular formula is C26H27F5N4O4S. The van der Waals surface area contributed by atoms with Crippen LogP contribution < -0.4 is 9.62 Å². The van der Waals surface area contributed by atoms with Crippen LogP contribution in [0.4, 0.5) is 33.3 Å². The summed E-state index contributed by atoms with van der Waals surface area (Å²) in [5.41, 5.74) is -4.88. The number of fused-ring (bicyclic) bond motifs is 1. The molecule has 216 valence electrons. The average Bonchev–Trinajstić information content (AvgIpc) is 3.28. The van der Waals surface area contributed by atoms with Gasteiger partial charge in [0.15, 0.2) is 11.6 Å². The molecule has 2 fully saturated rings. The highest BCUT2D eigenvalue weighted by Crippen LogP contribution is 2.41. The zero-order chi connectivity index (χ0) is 28.8. The summed E-state index contributed by atoms with van der Waals surface area (Å²) in [6.45, 7) is 0. The lowest BCUT2D eigenvalue weighted by atomic mass is 9.92. The van der Waals surface area contributed by atoms with Crippen molar-refractivity contribution < 1.29 is 39.9 Å². The van der Waals surface area contributed by atoms with E-state index in [0.29, 0.717) is 37.0 Å². The Morgan fingerprint density at radius 1 is 1.00 bits per heavy atom. The Morgan fingerprint density at radius 3 is 2.38 bits per heavy atom. The maximum Gasteiger partial charge on any atom is 0.516 e. The first kappa shape index (κ1) is 28.3. The molecule has 2 heterocycles. The van der Waals surface area contributed by atoms with E-state index in [1.54, 1.807) is 11.8 Å². The summed E-state index contributed by atoms with van der Waals surface area (Å²) in [7, 11) is -4.01. The van der Waals surface area contributed by atoms with Gasteiger partial charge in [0.2, 0.25) is 5.91 Å². The summed E-state index contributed by atoms with van der Waals surface area (Å²) in [5.74, 6) is -2.03. The Bertz CT molecular complexity index is 1530. The average molecular weight is 587 g/mol. The number of imidazole rings is 1. The molecule has 1 aliphatic carbocycles. The van der Waals surface area contributed by atoms with Crippen LogP contribution in [0.5, 0.6) is 0 Å². The van der Waals surface area contributed by atoms with Crippen molar-refractivity contribution in [2.24, 2.45) is 0 Å². The lowest BCUT2D eigenvalue weighted by molar-refractivity contribution is -0.120. The fourth-order valence-electron chi connectivity index (χ4n) is 5.63. The minimum absolute atomic E-state index is 0.0767. The Kier molecular flexibility index (Phi) is 7.50. The lowest BCUT2D eigenvalue weighted by Gasteiger charge is -2.37. The molecule has 1 amide bonds. The van der Waals surface area contributed by atoms with E-state index < -0.39 is 33.2 Å². The normalized spacial score (nSPS) is 22.6. The van der Waals surface area contributed by atoms with E-state index in [1.165, 1.54) is 29.2 Å². The molecule has 0 spiro atoms. The quantitative estimate of drug-likeness (QED) is 0.360. The number of hydrogen-bond donors (Lipinski definition) is 1. The summed E-state index contributed by atoms with van der Waals surface area (Å²) in [5, 5.41) is 0. The van der Waals surface area contributed by atoms with E-state index >= 15 is 0 Å². The lowest BCUT2D eigenvalue weighted by Crippen LogP contribution is -2.40. The zero-order valence-corrected chi connectivity index (χ0v) is 22.2. The highest BCUT2D eigenvalue weighted by molar-refractivity contribution is 7.93. The number of nitrogens with one attached hydrogen (secondary N) is 1. The van der Waals surface area contributed by atoms with E-state index in [2.05, 4.69) is 0 Å². The first-order chi connectivity index (χ1) is 18.9. The molecule has 0 radical (unpaired) electrons. The number of anilines is 2. The minimum Gasteiger partial charge on any atom is -0.381 e. The van der Waals surface area contributed by atoms with Gasteiger partial charge >= 0.3 is 15.5 Å². The van der Waals surface area contributed by atoms with Crippen LogP contribution in [0.15, 0.2) is 36.4 Å². The third-order valence-electron chi connectivity index (χ3n) is 7.54. The summed E-state index contributed by atoms with van der Waals surface area (Å²) in [6, 6.07) is 6.38. The van der Waals surface area contributed by atoms with E-state index in [4.69, 9.17) is 9.72 Å². The Hall–Kier alpha value is -3.26. The number of carbonyl (C=O) groups is 1. The van der Waals surface area contributed by atoms with Crippen LogP contribution in [-0.2, 0) is 19.6 Å². The molecule has 1 aliphatic heterocycles. The van der Waals surface area contributed by atoms with Crippen LogP contribution in [0.1, 0.15) is 62.9 Å². The van der Waals surface area contributed by atoms with Crippen molar-refractivity contribution in [2.45, 2.75) is 68.6 Å². The number of rotatable bonds is 6. The van der Waals surface area contributed by atoms with Gasteiger partial charge in [0.1, 0.15) is 5.82 Å². The fraction of sp³-hybridized carbons (Fsp3) is 0.462. The molecule has 40 heavy (non-hydrogen) atoms. The van der Waals surface area contributed by atoms with Gasteiger partial charge in [-0.2, -0.15) is 21.6 Å². The molecule has 2 aliphatic rings. The number of piperidine rings is 1. The van der Waals surface area contributed by atoms with Crippen LogP contribution in [0.2, 0.25) is 0 Å².